The van der Waals surface area contributed by atoms with Crippen LogP contribution in [0.4, 0.5) is 0 Å². The lowest BCUT2D eigenvalue weighted by Crippen LogP contribution is -2.33. The molecule has 0 saturated carbocycles. The van der Waals surface area contributed by atoms with Crippen molar-refractivity contribution in [2.75, 3.05) is 20.3 Å². The molecular weight excluding hydrogens is 286 g/mol. The average molecular weight is 307 g/mol. The fourth-order valence-corrected chi connectivity index (χ4v) is 2.73. The summed E-state index contributed by atoms with van der Waals surface area (Å²) < 4.78 is 16.0. The molecule has 2 aromatic heterocycles. The number of likely N-dealkylation sites (tertiary alicyclic amines) is 1. The number of nitrogens with zero attached hydrogens (tertiary/aromatic N) is 5. The van der Waals surface area contributed by atoms with E-state index in [9.17, 15) is 0 Å². The molecule has 0 amide bonds. The molecule has 0 aromatic carbocycles. The minimum Gasteiger partial charge on any atom is -0.424 e. The van der Waals surface area contributed by atoms with E-state index in [4.69, 9.17) is 13.7 Å². The zero-order chi connectivity index (χ0) is 15.4. The Hall–Kier alpha value is -1.80. The molecule has 22 heavy (non-hydrogen) atoms. The maximum Gasteiger partial charge on any atom is 0.244 e. The minimum absolute atomic E-state index is 0.116. The van der Waals surface area contributed by atoms with E-state index in [2.05, 4.69) is 25.2 Å². The van der Waals surface area contributed by atoms with E-state index in [1.165, 1.54) is 0 Å². The van der Waals surface area contributed by atoms with Crippen LogP contribution in [0.3, 0.4) is 0 Å². The Bertz CT molecular complexity index is 597. The van der Waals surface area contributed by atoms with E-state index >= 15 is 0 Å². The van der Waals surface area contributed by atoms with Crippen molar-refractivity contribution in [1.29, 1.82) is 0 Å². The van der Waals surface area contributed by atoms with Gasteiger partial charge in [-0.05, 0) is 19.4 Å². The number of piperidine rings is 1. The van der Waals surface area contributed by atoms with Crippen LogP contribution >= 0.6 is 0 Å². The Morgan fingerprint density at radius 1 is 1.32 bits per heavy atom. The first kappa shape index (κ1) is 15.1. The SMILES string of the molecule is COCCc1noc(C2CCCCN2Cc2nnc(C)o2)n1. The largest absolute Gasteiger partial charge is 0.424 e. The van der Waals surface area contributed by atoms with Crippen molar-refractivity contribution >= 4 is 0 Å². The summed E-state index contributed by atoms with van der Waals surface area (Å²) in [5.41, 5.74) is 0. The Morgan fingerprint density at radius 2 is 2.23 bits per heavy atom. The third kappa shape index (κ3) is 3.50. The molecule has 1 fully saturated rings. The fourth-order valence-electron chi connectivity index (χ4n) is 2.73. The number of ether oxygens (including phenoxy) is 1. The maximum atomic E-state index is 5.48. The molecule has 3 heterocycles. The van der Waals surface area contributed by atoms with Gasteiger partial charge in [-0.25, -0.2) is 0 Å². The van der Waals surface area contributed by atoms with E-state index in [0.29, 0.717) is 43.1 Å². The van der Waals surface area contributed by atoms with E-state index in [1.807, 2.05) is 0 Å². The third-order valence-electron chi connectivity index (χ3n) is 3.82. The monoisotopic (exact) mass is 307 g/mol. The summed E-state index contributed by atoms with van der Waals surface area (Å²) >= 11 is 0. The number of rotatable bonds is 6. The lowest BCUT2D eigenvalue weighted by molar-refractivity contribution is 0.101. The molecule has 0 bridgehead atoms. The van der Waals surface area contributed by atoms with Crippen molar-refractivity contribution in [2.45, 2.75) is 45.2 Å². The Balaban J connectivity index is 1.70. The van der Waals surface area contributed by atoms with Gasteiger partial charge in [0.2, 0.25) is 17.7 Å². The summed E-state index contributed by atoms with van der Waals surface area (Å²) in [7, 11) is 1.66. The van der Waals surface area contributed by atoms with E-state index in [-0.39, 0.29) is 6.04 Å². The van der Waals surface area contributed by atoms with Gasteiger partial charge in [-0.3, -0.25) is 4.90 Å². The predicted molar refractivity (Wildman–Crippen MR) is 75.9 cm³/mol. The van der Waals surface area contributed by atoms with Crippen LogP contribution in [-0.4, -0.2) is 45.5 Å². The topological polar surface area (TPSA) is 90.3 Å². The molecule has 8 heteroatoms. The van der Waals surface area contributed by atoms with Crippen molar-refractivity contribution in [1.82, 2.24) is 25.2 Å². The highest BCUT2D eigenvalue weighted by atomic mass is 16.5. The summed E-state index contributed by atoms with van der Waals surface area (Å²) in [4.78, 5) is 6.77. The van der Waals surface area contributed by atoms with Crippen LogP contribution in [0.15, 0.2) is 8.94 Å². The van der Waals surface area contributed by atoms with Crippen molar-refractivity contribution < 1.29 is 13.7 Å². The average Bonchev–Trinajstić information content (AvgIpc) is 3.15. The van der Waals surface area contributed by atoms with Gasteiger partial charge in [-0.15, -0.1) is 10.2 Å². The second kappa shape index (κ2) is 6.97. The van der Waals surface area contributed by atoms with Gasteiger partial charge in [0.05, 0.1) is 19.2 Å². The molecule has 2 aromatic rings. The molecule has 1 unspecified atom stereocenters. The zero-order valence-corrected chi connectivity index (χ0v) is 13.0. The van der Waals surface area contributed by atoms with E-state index in [1.54, 1.807) is 14.0 Å². The normalized spacial score (nSPS) is 19.6. The lowest BCUT2D eigenvalue weighted by Gasteiger charge is -2.32. The molecule has 1 saturated heterocycles. The first-order valence-electron chi connectivity index (χ1n) is 7.60. The van der Waals surface area contributed by atoms with Gasteiger partial charge < -0.3 is 13.7 Å². The van der Waals surface area contributed by atoms with Gasteiger partial charge in [-0.1, -0.05) is 11.6 Å². The van der Waals surface area contributed by atoms with Crippen LogP contribution in [0, 0.1) is 6.92 Å². The molecule has 3 rings (SSSR count). The van der Waals surface area contributed by atoms with Crippen molar-refractivity contribution in [2.24, 2.45) is 0 Å². The Kier molecular flexibility index (Phi) is 4.79. The molecular formula is C14H21N5O3. The minimum atomic E-state index is 0.116. The van der Waals surface area contributed by atoms with Gasteiger partial charge in [0.1, 0.15) is 0 Å². The highest BCUT2D eigenvalue weighted by Gasteiger charge is 2.29. The molecule has 0 radical (unpaired) electrons. The number of methoxy groups -OCH3 is 1. The smallest absolute Gasteiger partial charge is 0.244 e. The second-order valence-electron chi connectivity index (χ2n) is 5.49. The van der Waals surface area contributed by atoms with Crippen LogP contribution in [0.2, 0.25) is 0 Å². The highest BCUT2D eigenvalue weighted by Crippen LogP contribution is 2.31. The van der Waals surface area contributed by atoms with E-state index < -0.39 is 0 Å². The lowest BCUT2D eigenvalue weighted by atomic mass is 10.0. The molecule has 1 atom stereocenters. The first-order valence-corrected chi connectivity index (χ1v) is 7.60. The first-order chi connectivity index (χ1) is 10.8. The Labute approximate surface area is 128 Å². The summed E-state index contributed by atoms with van der Waals surface area (Å²) in [5.74, 6) is 2.57. The molecule has 1 aliphatic rings. The van der Waals surface area contributed by atoms with Crippen molar-refractivity contribution in [3.05, 3.63) is 23.5 Å². The second-order valence-corrected chi connectivity index (χ2v) is 5.49. The van der Waals surface area contributed by atoms with Crippen molar-refractivity contribution in [3.63, 3.8) is 0 Å². The van der Waals surface area contributed by atoms with Crippen LogP contribution in [-0.2, 0) is 17.7 Å². The van der Waals surface area contributed by atoms with Crippen molar-refractivity contribution in [3.8, 4) is 0 Å². The molecule has 8 nitrogen and oxygen atoms in total. The summed E-state index contributed by atoms with van der Waals surface area (Å²) in [6.07, 6.45) is 3.96. The molecule has 0 spiro atoms. The Morgan fingerprint density at radius 3 is 3.00 bits per heavy atom. The predicted octanol–water partition coefficient (Wildman–Crippen LogP) is 1.68. The standard InChI is InChI=1S/C14H21N5O3/c1-10-16-17-13(21-10)9-19-7-4-3-5-11(19)14-15-12(18-22-14)6-8-20-2/h11H,3-9H2,1-2H3. The molecule has 0 N–H and O–H groups in total. The van der Waals surface area contributed by atoms with Gasteiger partial charge in [0, 0.05) is 20.5 Å². The highest BCUT2D eigenvalue weighted by molar-refractivity contribution is 4.97. The number of aryl methyl sites for hydroxylation is 1. The quantitative estimate of drug-likeness (QED) is 0.796. The van der Waals surface area contributed by atoms with E-state index in [0.717, 1.165) is 25.8 Å². The zero-order valence-electron chi connectivity index (χ0n) is 13.0. The molecule has 120 valence electrons. The van der Waals surface area contributed by atoms with Crippen LogP contribution in [0.5, 0.6) is 0 Å². The van der Waals surface area contributed by atoms with Crippen LogP contribution in [0.1, 0.15) is 48.8 Å². The van der Waals surface area contributed by atoms with Gasteiger partial charge >= 0.3 is 0 Å². The van der Waals surface area contributed by atoms with Crippen LogP contribution in [0.25, 0.3) is 0 Å². The molecule has 1 aliphatic heterocycles. The van der Waals surface area contributed by atoms with Gasteiger partial charge in [-0.2, -0.15) is 4.98 Å². The number of aromatic nitrogens is 4. The maximum absolute atomic E-state index is 5.48. The third-order valence-corrected chi connectivity index (χ3v) is 3.82. The summed E-state index contributed by atoms with van der Waals surface area (Å²) in [6.45, 7) is 3.96. The molecule has 0 aliphatic carbocycles. The van der Waals surface area contributed by atoms with Crippen LogP contribution < -0.4 is 0 Å². The van der Waals surface area contributed by atoms with Gasteiger partial charge in [0.25, 0.3) is 0 Å². The summed E-state index contributed by atoms with van der Waals surface area (Å²) in [5, 5.41) is 12.0. The fraction of sp³-hybridized carbons (Fsp3) is 0.714. The number of hydrogen-bond acceptors (Lipinski definition) is 8. The summed E-state index contributed by atoms with van der Waals surface area (Å²) in [6, 6.07) is 0.116. The van der Waals surface area contributed by atoms with Gasteiger partial charge in [0.15, 0.2) is 5.82 Å². The number of hydrogen-bond donors (Lipinski definition) is 0.